The van der Waals surface area contributed by atoms with Gasteiger partial charge in [-0.25, -0.2) is 0 Å². The summed E-state index contributed by atoms with van der Waals surface area (Å²) >= 11 is 0. The van der Waals surface area contributed by atoms with Gasteiger partial charge in [0.2, 0.25) is 0 Å². The molecule has 0 unspecified atom stereocenters. The number of aromatic hydroxyl groups is 1. The van der Waals surface area contributed by atoms with Gasteiger partial charge < -0.3 is 15.7 Å². The molecule has 1 aliphatic heterocycles. The van der Waals surface area contributed by atoms with Crippen LogP contribution in [0.15, 0.2) is 47.2 Å². The normalized spacial score (nSPS) is 25.1. The van der Waals surface area contributed by atoms with Gasteiger partial charge in [0.05, 0.1) is 23.4 Å². The first kappa shape index (κ1) is 16.6. The average Bonchev–Trinajstić information content (AvgIpc) is 2.61. The number of phenols is 1. The van der Waals surface area contributed by atoms with E-state index in [-0.39, 0.29) is 22.9 Å². The zero-order valence-corrected chi connectivity index (χ0v) is 13.8. The fourth-order valence-electron chi connectivity index (χ4n) is 3.92. The van der Waals surface area contributed by atoms with Crippen molar-refractivity contribution in [3.05, 3.63) is 52.7 Å². The smallest absolute Gasteiger partial charge is 0.191 e. The second kappa shape index (κ2) is 5.98. The molecule has 1 heterocycles. The van der Waals surface area contributed by atoms with E-state index in [4.69, 9.17) is 5.73 Å². The molecule has 0 fully saturated rings. The molecule has 25 heavy (non-hydrogen) atoms. The first-order valence-electron chi connectivity index (χ1n) is 7.89. The highest BCUT2D eigenvalue weighted by Crippen LogP contribution is 2.54. The van der Waals surface area contributed by atoms with Crippen molar-refractivity contribution in [2.45, 2.75) is 5.92 Å². The van der Waals surface area contributed by atoms with Crippen molar-refractivity contribution in [2.24, 2.45) is 17.1 Å². The number of hydrogen-bond donors (Lipinski definition) is 2. The number of nitrogens with two attached hydrogens (primary N) is 1. The first-order valence-corrected chi connectivity index (χ1v) is 7.89. The van der Waals surface area contributed by atoms with Crippen molar-refractivity contribution in [3.63, 3.8) is 0 Å². The van der Waals surface area contributed by atoms with E-state index in [0.29, 0.717) is 18.7 Å². The van der Waals surface area contributed by atoms with Crippen LogP contribution in [-0.2, 0) is 0 Å². The fourth-order valence-corrected chi connectivity index (χ4v) is 3.92. The Morgan fingerprint density at radius 3 is 2.60 bits per heavy atom. The number of rotatable bonds is 1. The number of phenolic OH excluding ortho intramolecular Hbond substituents is 1. The van der Waals surface area contributed by atoms with Crippen LogP contribution in [0.5, 0.6) is 5.75 Å². The van der Waals surface area contributed by atoms with Gasteiger partial charge in [0.15, 0.2) is 5.41 Å². The molecule has 0 bridgehead atoms. The Morgan fingerprint density at radius 2 is 2.00 bits per heavy atom. The summed E-state index contributed by atoms with van der Waals surface area (Å²) in [7, 11) is 1.95. The van der Waals surface area contributed by atoms with Crippen LogP contribution >= 0.6 is 0 Å². The van der Waals surface area contributed by atoms with Crippen molar-refractivity contribution < 1.29 is 5.11 Å². The third-order valence-corrected chi connectivity index (χ3v) is 5.08. The zero-order valence-electron chi connectivity index (χ0n) is 13.8. The Hall–Kier alpha value is -3.27. The first-order chi connectivity index (χ1) is 12.0. The number of likely N-dealkylation sites (N-methyl/N-ethyl adjacent to an activating group) is 1. The summed E-state index contributed by atoms with van der Waals surface area (Å²) in [5.74, 6) is -0.742. The van der Waals surface area contributed by atoms with E-state index in [2.05, 4.69) is 23.1 Å². The summed E-state index contributed by atoms with van der Waals surface area (Å²) < 4.78 is 0. The Balaban J connectivity index is 2.34. The van der Waals surface area contributed by atoms with Crippen molar-refractivity contribution >= 4 is 0 Å². The van der Waals surface area contributed by atoms with Crippen molar-refractivity contribution in [1.29, 1.82) is 15.8 Å². The average molecular weight is 331 g/mol. The summed E-state index contributed by atoms with van der Waals surface area (Å²) in [6, 6.07) is 12.8. The van der Waals surface area contributed by atoms with E-state index in [9.17, 15) is 20.9 Å². The molecule has 0 saturated carbocycles. The summed E-state index contributed by atoms with van der Waals surface area (Å²) in [5.41, 5.74) is 6.22. The highest BCUT2D eigenvalue weighted by molar-refractivity contribution is 5.59. The van der Waals surface area contributed by atoms with Crippen molar-refractivity contribution in [2.75, 3.05) is 20.1 Å². The molecule has 6 nitrogen and oxygen atoms in total. The Morgan fingerprint density at radius 1 is 1.28 bits per heavy atom. The summed E-state index contributed by atoms with van der Waals surface area (Å²) in [6.07, 6.45) is 1.94. The van der Waals surface area contributed by atoms with Gasteiger partial charge in [-0.05, 0) is 30.3 Å². The van der Waals surface area contributed by atoms with E-state index in [1.165, 1.54) is 6.07 Å². The molecule has 0 spiro atoms. The second-order valence-electron chi connectivity index (χ2n) is 6.49. The molecule has 1 aliphatic carbocycles. The van der Waals surface area contributed by atoms with Gasteiger partial charge in [0.1, 0.15) is 11.8 Å². The van der Waals surface area contributed by atoms with Gasteiger partial charge in [-0.3, -0.25) is 0 Å². The number of hydrogen-bond acceptors (Lipinski definition) is 6. The van der Waals surface area contributed by atoms with Crippen LogP contribution < -0.4 is 5.73 Å². The number of benzene rings is 1. The molecule has 1 aromatic rings. The summed E-state index contributed by atoms with van der Waals surface area (Å²) in [6.45, 7) is 1.26. The summed E-state index contributed by atoms with van der Waals surface area (Å²) in [4.78, 5) is 2.07. The second-order valence-corrected chi connectivity index (χ2v) is 6.49. The van der Waals surface area contributed by atoms with Gasteiger partial charge in [-0.2, -0.15) is 15.8 Å². The number of fused-ring (bicyclic) bond motifs is 1. The number of allylic oxidation sites excluding steroid dienone is 2. The maximum Gasteiger partial charge on any atom is 0.191 e. The third-order valence-electron chi connectivity index (χ3n) is 5.08. The molecule has 1 aromatic carbocycles. The Kier molecular flexibility index (Phi) is 3.97. The van der Waals surface area contributed by atoms with Gasteiger partial charge in [0.25, 0.3) is 0 Å². The van der Waals surface area contributed by atoms with Crippen LogP contribution in [0.2, 0.25) is 0 Å². The van der Waals surface area contributed by atoms with Crippen LogP contribution in [0.25, 0.3) is 0 Å². The molecule has 0 aromatic heterocycles. The maximum absolute atomic E-state index is 9.89. The molecule has 3 rings (SSSR count). The minimum absolute atomic E-state index is 0.000367. The fraction of sp³-hybridized carbons (Fsp3) is 0.316. The molecular formula is C19H17N5O. The van der Waals surface area contributed by atoms with E-state index in [1.54, 1.807) is 18.2 Å². The lowest BCUT2D eigenvalue weighted by molar-refractivity contribution is 0.237. The Labute approximate surface area is 146 Å². The predicted molar refractivity (Wildman–Crippen MR) is 90.4 cm³/mol. The van der Waals surface area contributed by atoms with Crippen LogP contribution in [-0.4, -0.2) is 30.1 Å². The van der Waals surface area contributed by atoms with E-state index in [1.807, 2.05) is 13.1 Å². The highest BCUT2D eigenvalue weighted by Gasteiger charge is 2.54. The monoisotopic (exact) mass is 331 g/mol. The quantitative estimate of drug-likeness (QED) is 0.808. The lowest BCUT2D eigenvalue weighted by Crippen LogP contribution is -2.47. The van der Waals surface area contributed by atoms with Crippen LogP contribution in [0.3, 0.4) is 0 Å². The number of nitrogens with zero attached hydrogens (tertiary/aromatic N) is 4. The largest absolute Gasteiger partial charge is 0.508 e. The number of nitriles is 3. The van der Waals surface area contributed by atoms with Gasteiger partial charge in [0, 0.05) is 24.9 Å². The molecule has 2 aliphatic rings. The lowest BCUT2D eigenvalue weighted by Gasteiger charge is -2.45. The Bertz CT molecular complexity index is 895. The lowest BCUT2D eigenvalue weighted by atomic mass is 9.58. The van der Waals surface area contributed by atoms with Crippen molar-refractivity contribution in [1.82, 2.24) is 4.90 Å². The summed E-state index contributed by atoms with van der Waals surface area (Å²) in [5, 5.41) is 39.3. The molecule has 6 heteroatoms. The molecule has 124 valence electrons. The van der Waals surface area contributed by atoms with Gasteiger partial charge >= 0.3 is 0 Å². The zero-order chi connectivity index (χ0) is 18.2. The van der Waals surface area contributed by atoms with Crippen LogP contribution in [0.1, 0.15) is 11.5 Å². The topological polar surface area (TPSA) is 121 Å². The molecule has 0 radical (unpaired) electrons. The minimum Gasteiger partial charge on any atom is -0.508 e. The van der Waals surface area contributed by atoms with Crippen LogP contribution in [0, 0.1) is 45.3 Å². The molecule has 2 atom stereocenters. The molecule has 0 saturated heterocycles. The van der Waals surface area contributed by atoms with Crippen molar-refractivity contribution in [3.8, 4) is 24.0 Å². The van der Waals surface area contributed by atoms with E-state index >= 15 is 0 Å². The standard InChI is InChI=1S/C19H17N5O/c1-24-6-5-14-15(8-20)18(23)19(10-21,11-22)17(16(14)9-24)12-3-2-4-13(25)7-12/h2-5,7,16-17,25H,6,9,23H2,1H3/t16-,17+/m0/s1. The van der Waals surface area contributed by atoms with Crippen LogP contribution in [0.4, 0.5) is 0 Å². The third kappa shape index (κ3) is 2.34. The molecular weight excluding hydrogens is 314 g/mol. The predicted octanol–water partition coefficient (Wildman–Crippen LogP) is 1.75. The van der Waals surface area contributed by atoms with Gasteiger partial charge in [-0.15, -0.1) is 0 Å². The van der Waals surface area contributed by atoms with E-state index < -0.39 is 11.3 Å². The highest BCUT2D eigenvalue weighted by atomic mass is 16.3. The SMILES string of the molecule is CN1CC=C2C(C#N)=C(N)C(C#N)(C#N)[C@H](c3cccc(O)c3)[C@H]2C1. The minimum atomic E-state index is -1.65. The molecule has 0 amide bonds. The molecule has 3 N–H and O–H groups in total. The van der Waals surface area contributed by atoms with E-state index in [0.717, 1.165) is 5.57 Å². The maximum atomic E-state index is 9.89. The van der Waals surface area contributed by atoms with Gasteiger partial charge in [-0.1, -0.05) is 18.2 Å².